The van der Waals surface area contributed by atoms with E-state index in [1.54, 1.807) is 28.4 Å². The van der Waals surface area contributed by atoms with E-state index in [0.717, 1.165) is 24.1 Å². The average Bonchev–Trinajstić information content (AvgIpc) is 3.19. The van der Waals surface area contributed by atoms with Gasteiger partial charge in [0.05, 0.1) is 24.0 Å². The third kappa shape index (κ3) is 3.81. The zero-order valence-corrected chi connectivity index (χ0v) is 15.8. The lowest BCUT2D eigenvalue weighted by atomic mass is 10.2. The molecule has 1 aromatic carbocycles. The highest BCUT2D eigenvalue weighted by Gasteiger charge is 2.17. The van der Waals surface area contributed by atoms with Crippen molar-refractivity contribution in [3.05, 3.63) is 63.4 Å². The topological polar surface area (TPSA) is 59.8 Å². The van der Waals surface area contributed by atoms with Gasteiger partial charge in [0, 0.05) is 16.1 Å². The van der Waals surface area contributed by atoms with E-state index in [0.29, 0.717) is 22.3 Å². The molecule has 0 saturated carbocycles. The highest BCUT2D eigenvalue weighted by atomic mass is 35.5. The summed E-state index contributed by atoms with van der Waals surface area (Å²) in [5.74, 6) is -0.181. The normalized spacial score (nSPS) is 13.9. The van der Waals surface area contributed by atoms with Gasteiger partial charge < -0.3 is 0 Å². The van der Waals surface area contributed by atoms with Gasteiger partial charge in [-0.15, -0.1) is 11.3 Å². The molecule has 0 aliphatic heterocycles. The number of anilines is 1. The van der Waals surface area contributed by atoms with Gasteiger partial charge in [-0.05, 0) is 37.3 Å². The second-order valence-electron chi connectivity index (χ2n) is 6.42. The number of carbonyl (C=O) groups excluding carboxylic acids is 1. The van der Waals surface area contributed by atoms with Gasteiger partial charge in [-0.25, -0.2) is 4.98 Å². The molecule has 5 nitrogen and oxygen atoms in total. The Kier molecular flexibility index (Phi) is 5.04. The summed E-state index contributed by atoms with van der Waals surface area (Å²) in [7, 11) is 0. The van der Waals surface area contributed by atoms with Gasteiger partial charge in [0.25, 0.3) is 5.91 Å². The quantitative estimate of drug-likeness (QED) is 0.668. The SMILES string of the molecule is O=C(Nc1nc2c(s1)CCCCC2)c1cnn(Cc2ccccc2Cl)c1. The van der Waals surface area contributed by atoms with Crippen LogP contribution in [0.25, 0.3) is 0 Å². The number of thiazole rings is 1. The molecule has 0 spiro atoms. The molecule has 0 atom stereocenters. The van der Waals surface area contributed by atoms with Gasteiger partial charge in [0.15, 0.2) is 5.13 Å². The summed E-state index contributed by atoms with van der Waals surface area (Å²) in [5, 5.41) is 8.56. The summed E-state index contributed by atoms with van der Waals surface area (Å²) in [6, 6.07) is 7.63. The Hall–Kier alpha value is -2.18. The lowest BCUT2D eigenvalue weighted by Gasteiger charge is -2.03. The second kappa shape index (κ2) is 7.60. The molecule has 0 bridgehead atoms. The van der Waals surface area contributed by atoms with Crippen molar-refractivity contribution in [2.75, 3.05) is 5.32 Å². The largest absolute Gasteiger partial charge is 0.298 e. The Morgan fingerprint density at radius 1 is 1.23 bits per heavy atom. The number of rotatable bonds is 4. The Labute approximate surface area is 161 Å². The average molecular weight is 387 g/mol. The monoisotopic (exact) mass is 386 g/mol. The van der Waals surface area contributed by atoms with Crippen LogP contribution in [0.2, 0.25) is 5.02 Å². The number of nitrogens with one attached hydrogen (secondary N) is 1. The first kappa shape index (κ1) is 17.2. The molecule has 26 heavy (non-hydrogen) atoms. The van der Waals surface area contributed by atoms with E-state index in [4.69, 9.17) is 11.6 Å². The highest BCUT2D eigenvalue weighted by molar-refractivity contribution is 7.15. The number of halogens is 1. The predicted octanol–water partition coefficient (Wildman–Crippen LogP) is 4.56. The summed E-state index contributed by atoms with van der Waals surface area (Å²) in [5.41, 5.74) is 2.63. The summed E-state index contributed by atoms with van der Waals surface area (Å²) in [6.07, 6.45) is 9.03. The molecule has 0 unspecified atom stereocenters. The molecular weight excluding hydrogens is 368 g/mol. The van der Waals surface area contributed by atoms with E-state index < -0.39 is 0 Å². The van der Waals surface area contributed by atoms with Crippen LogP contribution in [-0.4, -0.2) is 20.7 Å². The van der Waals surface area contributed by atoms with Crippen molar-refractivity contribution < 1.29 is 4.79 Å². The first-order chi connectivity index (χ1) is 12.7. The lowest BCUT2D eigenvalue weighted by Crippen LogP contribution is -2.11. The van der Waals surface area contributed by atoms with Crippen molar-refractivity contribution in [2.45, 2.75) is 38.6 Å². The molecule has 134 valence electrons. The number of fused-ring (bicyclic) bond motifs is 1. The number of amides is 1. The van der Waals surface area contributed by atoms with Crippen molar-refractivity contribution in [1.82, 2.24) is 14.8 Å². The molecule has 0 radical (unpaired) electrons. The van der Waals surface area contributed by atoms with Crippen LogP contribution in [0.15, 0.2) is 36.7 Å². The second-order valence-corrected chi connectivity index (χ2v) is 7.91. The Morgan fingerprint density at radius 3 is 2.96 bits per heavy atom. The number of benzene rings is 1. The van der Waals surface area contributed by atoms with Crippen LogP contribution in [0.3, 0.4) is 0 Å². The molecule has 0 fully saturated rings. The lowest BCUT2D eigenvalue weighted by molar-refractivity contribution is 0.102. The first-order valence-corrected chi connectivity index (χ1v) is 9.94. The molecule has 3 aromatic rings. The number of aromatic nitrogens is 3. The van der Waals surface area contributed by atoms with Crippen molar-refractivity contribution in [1.29, 1.82) is 0 Å². The van der Waals surface area contributed by atoms with Crippen molar-refractivity contribution >= 4 is 34.0 Å². The third-order valence-corrected chi connectivity index (χ3v) is 5.94. The molecule has 1 aliphatic rings. The molecule has 1 N–H and O–H groups in total. The van der Waals surface area contributed by atoms with Crippen LogP contribution in [-0.2, 0) is 19.4 Å². The van der Waals surface area contributed by atoms with Crippen LogP contribution >= 0.6 is 22.9 Å². The zero-order chi connectivity index (χ0) is 17.9. The van der Waals surface area contributed by atoms with Gasteiger partial charge in [-0.2, -0.15) is 5.10 Å². The van der Waals surface area contributed by atoms with Crippen LogP contribution in [0.1, 0.15) is 45.8 Å². The molecule has 1 amide bonds. The Morgan fingerprint density at radius 2 is 2.08 bits per heavy atom. The van der Waals surface area contributed by atoms with E-state index in [-0.39, 0.29) is 5.91 Å². The van der Waals surface area contributed by atoms with Crippen LogP contribution < -0.4 is 5.32 Å². The predicted molar refractivity (Wildman–Crippen MR) is 104 cm³/mol. The summed E-state index contributed by atoms with van der Waals surface area (Å²) < 4.78 is 1.72. The van der Waals surface area contributed by atoms with E-state index in [1.807, 2.05) is 24.3 Å². The smallest absolute Gasteiger partial charge is 0.260 e. The third-order valence-electron chi connectivity index (χ3n) is 4.50. The Bertz CT molecular complexity index is 910. The van der Waals surface area contributed by atoms with Crippen molar-refractivity contribution in [2.24, 2.45) is 0 Å². The minimum absolute atomic E-state index is 0.181. The van der Waals surface area contributed by atoms with Gasteiger partial charge in [-0.1, -0.05) is 36.2 Å². The summed E-state index contributed by atoms with van der Waals surface area (Å²) >= 11 is 7.78. The van der Waals surface area contributed by atoms with Crippen LogP contribution in [0.5, 0.6) is 0 Å². The molecule has 0 saturated heterocycles. The van der Waals surface area contributed by atoms with E-state index in [9.17, 15) is 4.79 Å². The van der Waals surface area contributed by atoms with Crippen molar-refractivity contribution in [3.63, 3.8) is 0 Å². The minimum atomic E-state index is -0.181. The maximum atomic E-state index is 12.5. The molecule has 2 heterocycles. The van der Waals surface area contributed by atoms with Crippen LogP contribution in [0.4, 0.5) is 5.13 Å². The van der Waals surface area contributed by atoms with Gasteiger partial charge in [-0.3, -0.25) is 14.8 Å². The fourth-order valence-electron chi connectivity index (χ4n) is 3.12. The number of hydrogen-bond donors (Lipinski definition) is 1. The van der Waals surface area contributed by atoms with E-state index in [1.165, 1.54) is 24.1 Å². The Balaban J connectivity index is 1.44. The maximum Gasteiger partial charge on any atom is 0.260 e. The van der Waals surface area contributed by atoms with E-state index in [2.05, 4.69) is 15.4 Å². The van der Waals surface area contributed by atoms with Gasteiger partial charge >= 0.3 is 0 Å². The first-order valence-electron chi connectivity index (χ1n) is 8.75. The standard InChI is InChI=1S/C19H19ClN4OS/c20-15-7-5-4-6-13(15)11-24-12-14(10-21-24)18(25)23-19-22-16-8-2-1-3-9-17(16)26-19/h4-7,10,12H,1-3,8-9,11H2,(H,22,23,25). The van der Waals surface area contributed by atoms with Gasteiger partial charge in [0.1, 0.15) is 0 Å². The van der Waals surface area contributed by atoms with Crippen LogP contribution in [0, 0.1) is 0 Å². The summed E-state index contributed by atoms with van der Waals surface area (Å²) in [4.78, 5) is 18.4. The molecule has 4 rings (SSSR count). The van der Waals surface area contributed by atoms with E-state index >= 15 is 0 Å². The highest BCUT2D eigenvalue weighted by Crippen LogP contribution is 2.29. The zero-order valence-electron chi connectivity index (χ0n) is 14.2. The fourth-order valence-corrected chi connectivity index (χ4v) is 4.36. The molecular formula is C19H19ClN4OS. The minimum Gasteiger partial charge on any atom is -0.298 e. The van der Waals surface area contributed by atoms with Gasteiger partial charge in [0.2, 0.25) is 0 Å². The number of nitrogens with zero attached hydrogens (tertiary/aromatic N) is 3. The molecule has 7 heteroatoms. The molecule has 2 aromatic heterocycles. The maximum absolute atomic E-state index is 12.5. The summed E-state index contributed by atoms with van der Waals surface area (Å²) in [6.45, 7) is 0.526. The molecule has 1 aliphatic carbocycles. The van der Waals surface area contributed by atoms with Crippen molar-refractivity contribution in [3.8, 4) is 0 Å². The number of hydrogen-bond acceptors (Lipinski definition) is 4. The number of carbonyl (C=O) groups is 1. The fraction of sp³-hybridized carbons (Fsp3) is 0.316. The number of aryl methyl sites for hydroxylation is 2.